The molecule has 2 atom stereocenters. The van der Waals surface area contributed by atoms with E-state index >= 15 is 0 Å². The Kier molecular flexibility index (Phi) is 4.46. The van der Waals surface area contributed by atoms with Crippen molar-refractivity contribution in [3.63, 3.8) is 0 Å². The Morgan fingerprint density at radius 3 is 2.45 bits per heavy atom. The Morgan fingerprint density at radius 2 is 1.95 bits per heavy atom. The molecule has 0 aliphatic carbocycles. The first-order chi connectivity index (χ1) is 10.3. The Balaban J connectivity index is 2.01. The molecule has 7 heteroatoms. The first-order valence-electron chi connectivity index (χ1n) is 6.66. The number of hydrogen-bond acceptors (Lipinski definition) is 6. The van der Waals surface area contributed by atoms with Crippen molar-refractivity contribution in [2.75, 3.05) is 0 Å². The third-order valence-corrected chi connectivity index (χ3v) is 2.96. The van der Waals surface area contributed by atoms with Crippen LogP contribution >= 0.6 is 0 Å². The number of carbonyl (C=O) groups excluding carboxylic acids is 2. The average Bonchev–Trinajstić information content (AvgIpc) is 2.69. The van der Waals surface area contributed by atoms with Gasteiger partial charge in [-0.15, -0.1) is 0 Å². The zero-order chi connectivity index (χ0) is 16.3. The minimum absolute atomic E-state index is 0.332. The van der Waals surface area contributed by atoms with Gasteiger partial charge in [-0.25, -0.2) is 9.59 Å². The Morgan fingerprint density at radius 1 is 1.32 bits per heavy atom. The highest BCUT2D eigenvalue weighted by molar-refractivity contribution is 5.85. The highest BCUT2D eigenvalue weighted by Gasteiger charge is 2.42. The quantitative estimate of drug-likeness (QED) is 0.821. The van der Waals surface area contributed by atoms with Crippen molar-refractivity contribution in [3.05, 3.63) is 35.9 Å². The van der Waals surface area contributed by atoms with Crippen LogP contribution in [0.1, 0.15) is 31.9 Å². The molecule has 0 amide bonds. The van der Waals surface area contributed by atoms with Gasteiger partial charge in [0, 0.05) is 19.4 Å². The number of carboxylic acid groups (broad SMARTS) is 1. The molecule has 0 saturated carbocycles. The number of ether oxygens (including phenoxy) is 3. The molecule has 0 unspecified atom stereocenters. The Hall–Kier alpha value is -2.41. The fraction of sp³-hybridized carbons (Fsp3) is 0.400. The SMILES string of the molecule is CC1(C)OC(=O)[C@H](CC(=O)O[C@H](C(=O)O)c2ccccc2)O1. The van der Waals surface area contributed by atoms with Gasteiger partial charge in [0.05, 0.1) is 6.42 Å². The molecule has 118 valence electrons. The fourth-order valence-electron chi connectivity index (χ4n) is 2.07. The number of carbonyl (C=O) groups is 3. The molecule has 7 nitrogen and oxygen atoms in total. The molecule has 0 aromatic heterocycles. The maximum Gasteiger partial charge on any atom is 0.349 e. The second kappa shape index (κ2) is 6.15. The van der Waals surface area contributed by atoms with Crippen molar-refractivity contribution >= 4 is 17.9 Å². The number of esters is 2. The van der Waals surface area contributed by atoms with Crippen LogP contribution in [0.2, 0.25) is 0 Å². The molecular weight excluding hydrogens is 292 g/mol. The molecular formula is C15H16O7. The number of carboxylic acids is 1. The second-order valence-corrected chi connectivity index (χ2v) is 5.25. The third-order valence-electron chi connectivity index (χ3n) is 2.96. The molecule has 2 rings (SSSR count). The van der Waals surface area contributed by atoms with Crippen LogP contribution in [-0.4, -0.2) is 34.9 Å². The zero-order valence-corrected chi connectivity index (χ0v) is 12.1. The largest absolute Gasteiger partial charge is 0.478 e. The molecule has 1 heterocycles. The summed E-state index contributed by atoms with van der Waals surface area (Å²) in [7, 11) is 0. The maximum absolute atomic E-state index is 11.9. The highest BCUT2D eigenvalue weighted by Crippen LogP contribution is 2.26. The van der Waals surface area contributed by atoms with Crippen molar-refractivity contribution in [2.24, 2.45) is 0 Å². The first kappa shape index (κ1) is 16.0. The molecule has 0 bridgehead atoms. The summed E-state index contributed by atoms with van der Waals surface area (Å²) in [4.78, 5) is 34.7. The lowest BCUT2D eigenvalue weighted by Gasteiger charge is -2.16. The fourth-order valence-corrected chi connectivity index (χ4v) is 2.07. The van der Waals surface area contributed by atoms with Crippen LogP contribution in [0.3, 0.4) is 0 Å². The van der Waals surface area contributed by atoms with Gasteiger partial charge in [-0.05, 0) is 0 Å². The van der Waals surface area contributed by atoms with Crippen molar-refractivity contribution in [3.8, 4) is 0 Å². The van der Waals surface area contributed by atoms with Crippen molar-refractivity contribution < 1.29 is 33.7 Å². The van der Waals surface area contributed by atoms with Crippen LogP contribution in [-0.2, 0) is 28.6 Å². The van der Waals surface area contributed by atoms with E-state index in [-0.39, 0.29) is 0 Å². The van der Waals surface area contributed by atoms with Crippen LogP contribution in [0.4, 0.5) is 0 Å². The lowest BCUT2D eigenvalue weighted by molar-refractivity contribution is -0.169. The topological polar surface area (TPSA) is 99.1 Å². The van der Waals surface area contributed by atoms with Gasteiger partial charge in [0.1, 0.15) is 0 Å². The predicted molar refractivity (Wildman–Crippen MR) is 72.6 cm³/mol. The summed E-state index contributed by atoms with van der Waals surface area (Å²) in [5.74, 6) is -3.92. The minimum atomic E-state index is -1.43. The molecule has 22 heavy (non-hydrogen) atoms. The summed E-state index contributed by atoms with van der Waals surface area (Å²) in [6.07, 6.45) is -2.93. The molecule has 1 saturated heterocycles. The van der Waals surface area contributed by atoms with Gasteiger partial charge in [0.2, 0.25) is 11.9 Å². The van der Waals surface area contributed by atoms with Crippen molar-refractivity contribution in [1.29, 1.82) is 0 Å². The summed E-state index contributed by atoms with van der Waals surface area (Å²) in [6, 6.07) is 8.07. The average molecular weight is 308 g/mol. The van der Waals surface area contributed by atoms with E-state index in [0.717, 1.165) is 0 Å². The van der Waals surface area contributed by atoms with E-state index in [4.69, 9.17) is 14.2 Å². The van der Waals surface area contributed by atoms with Gasteiger partial charge >= 0.3 is 17.9 Å². The summed E-state index contributed by atoms with van der Waals surface area (Å²) in [5.41, 5.74) is 0.332. The molecule has 1 N–H and O–H groups in total. The van der Waals surface area contributed by atoms with Gasteiger partial charge in [0.25, 0.3) is 0 Å². The van der Waals surface area contributed by atoms with E-state index in [1.165, 1.54) is 12.1 Å². The first-order valence-corrected chi connectivity index (χ1v) is 6.66. The normalized spacial score (nSPS) is 21.0. The highest BCUT2D eigenvalue weighted by atomic mass is 16.8. The molecule has 1 aromatic carbocycles. The van der Waals surface area contributed by atoms with Gasteiger partial charge in [-0.1, -0.05) is 30.3 Å². The summed E-state index contributed by atoms with van der Waals surface area (Å²) >= 11 is 0. The van der Waals surface area contributed by atoms with Gasteiger partial charge in [-0.2, -0.15) is 0 Å². The lowest BCUT2D eigenvalue weighted by Crippen LogP contribution is -2.26. The van der Waals surface area contributed by atoms with Crippen LogP contribution in [0.25, 0.3) is 0 Å². The van der Waals surface area contributed by atoms with Crippen LogP contribution in [0, 0.1) is 0 Å². The minimum Gasteiger partial charge on any atom is -0.478 e. The second-order valence-electron chi connectivity index (χ2n) is 5.25. The van der Waals surface area contributed by atoms with Gasteiger partial charge < -0.3 is 19.3 Å². The number of cyclic esters (lactones) is 1. The number of aliphatic carboxylic acids is 1. The standard InChI is InChI=1S/C15H16O7/c1-15(2)21-10(14(19)22-15)8-11(16)20-12(13(17)18)9-6-4-3-5-7-9/h3-7,10,12H,8H2,1-2H3,(H,17,18)/t10-,12-/m0/s1. The lowest BCUT2D eigenvalue weighted by atomic mass is 10.1. The van der Waals surface area contributed by atoms with E-state index in [1.807, 2.05) is 0 Å². The molecule has 0 radical (unpaired) electrons. The van der Waals surface area contributed by atoms with Crippen LogP contribution < -0.4 is 0 Å². The molecule has 0 spiro atoms. The third kappa shape index (κ3) is 3.82. The zero-order valence-electron chi connectivity index (χ0n) is 12.1. The smallest absolute Gasteiger partial charge is 0.349 e. The summed E-state index contributed by atoms with van der Waals surface area (Å²) < 4.78 is 15.1. The summed E-state index contributed by atoms with van der Waals surface area (Å²) in [5, 5.41) is 9.17. The van der Waals surface area contributed by atoms with E-state index in [2.05, 4.69) is 0 Å². The van der Waals surface area contributed by atoms with Gasteiger partial charge in [0.15, 0.2) is 6.10 Å². The van der Waals surface area contributed by atoms with Crippen molar-refractivity contribution in [1.82, 2.24) is 0 Å². The number of rotatable bonds is 5. The van der Waals surface area contributed by atoms with E-state index in [0.29, 0.717) is 5.56 Å². The Labute approximate surface area is 126 Å². The monoisotopic (exact) mass is 308 g/mol. The molecule has 1 aliphatic rings. The van der Waals surface area contributed by atoms with Gasteiger partial charge in [-0.3, -0.25) is 4.79 Å². The van der Waals surface area contributed by atoms with Crippen LogP contribution in [0.15, 0.2) is 30.3 Å². The van der Waals surface area contributed by atoms with E-state index in [1.54, 1.807) is 32.0 Å². The molecule has 1 fully saturated rings. The molecule has 1 aromatic rings. The van der Waals surface area contributed by atoms with E-state index < -0.39 is 42.3 Å². The number of hydrogen-bond donors (Lipinski definition) is 1. The van der Waals surface area contributed by atoms with Crippen molar-refractivity contribution in [2.45, 2.75) is 38.3 Å². The Bertz CT molecular complexity index is 579. The summed E-state index contributed by atoms with van der Waals surface area (Å²) in [6.45, 7) is 3.08. The van der Waals surface area contributed by atoms with E-state index in [9.17, 15) is 19.5 Å². The molecule has 1 aliphatic heterocycles. The number of benzene rings is 1. The maximum atomic E-state index is 11.9. The predicted octanol–water partition coefficient (Wildman–Crippen LogP) is 1.42. The van der Waals surface area contributed by atoms with Crippen LogP contribution in [0.5, 0.6) is 0 Å².